The van der Waals surface area contributed by atoms with Crippen LogP contribution in [0.25, 0.3) is 0 Å². The second-order valence-electron chi connectivity index (χ2n) is 9.14. The van der Waals surface area contributed by atoms with E-state index in [1.807, 2.05) is 0 Å². The molecule has 4 aliphatic carbocycles. The molecule has 0 bridgehead atoms. The zero-order chi connectivity index (χ0) is 19.6. The molecular weight excluding hydrogens is 348 g/mol. The van der Waals surface area contributed by atoms with Gasteiger partial charge in [-0.1, -0.05) is 86.1 Å². The van der Waals surface area contributed by atoms with Crippen molar-refractivity contribution >= 4 is 0 Å². The number of rotatable bonds is 4. The molecule has 0 heteroatoms. The highest BCUT2D eigenvalue weighted by Gasteiger charge is 2.26. The third kappa shape index (κ3) is 3.78. The summed E-state index contributed by atoms with van der Waals surface area (Å²) in [6.07, 6.45) is 29.1. The summed E-state index contributed by atoms with van der Waals surface area (Å²) in [5, 5.41) is 0. The molecular formula is C29H32. The lowest BCUT2D eigenvalue weighted by Crippen LogP contribution is -2.12. The van der Waals surface area contributed by atoms with Gasteiger partial charge in [0.1, 0.15) is 0 Å². The highest BCUT2D eigenvalue weighted by molar-refractivity contribution is 5.60. The molecule has 4 aliphatic rings. The normalized spacial score (nSPS) is 24.0. The van der Waals surface area contributed by atoms with E-state index in [1.165, 1.54) is 78.4 Å². The fourth-order valence-corrected chi connectivity index (χ4v) is 5.65. The maximum atomic E-state index is 2.45. The van der Waals surface area contributed by atoms with Crippen molar-refractivity contribution in [3.8, 4) is 0 Å². The first-order valence-electron chi connectivity index (χ1n) is 11.6. The van der Waals surface area contributed by atoms with Crippen molar-refractivity contribution in [3.05, 3.63) is 106 Å². The molecule has 0 heterocycles. The summed E-state index contributed by atoms with van der Waals surface area (Å²) in [6, 6.07) is 7.28. The van der Waals surface area contributed by atoms with Gasteiger partial charge in [-0.2, -0.15) is 0 Å². The van der Waals surface area contributed by atoms with E-state index in [2.05, 4.69) is 73.7 Å². The van der Waals surface area contributed by atoms with Gasteiger partial charge < -0.3 is 0 Å². The second-order valence-corrected chi connectivity index (χ2v) is 9.14. The molecule has 0 spiro atoms. The lowest BCUT2D eigenvalue weighted by molar-refractivity contribution is 0.442. The zero-order valence-electron chi connectivity index (χ0n) is 17.7. The molecule has 1 atom stereocenters. The van der Waals surface area contributed by atoms with Gasteiger partial charge in [-0.15, -0.1) is 0 Å². The Kier molecular flexibility index (Phi) is 5.27. The Hall–Kier alpha value is -2.34. The Morgan fingerprint density at radius 2 is 1.83 bits per heavy atom. The summed E-state index contributed by atoms with van der Waals surface area (Å²) in [7, 11) is 0. The third-order valence-electron chi connectivity index (χ3n) is 7.19. The van der Waals surface area contributed by atoms with E-state index in [9.17, 15) is 0 Å². The first kappa shape index (κ1) is 18.7. The molecule has 0 radical (unpaired) electrons. The quantitative estimate of drug-likeness (QED) is 0.499. The van der Waals surface area contributed by atoms with Crippen LogP contribution < -0.4 is 0 Å². The Morgan fingerprint density at radius 1 is 0.931 bits per heavy atom. The standard InChI is InChI=1S/C29H32/c1-21-19-22(15-17-26(21)23-9-4-2-5-10-23)20-25-16-18-28(24-11-6-3-7-12-24)29-14-8-13-27(25)29/h6,8,11-19,23,29H,2-5,7,9-10,20H2,1H3. The van der Waals surface area contributed by atoms with Crippen molar-refractivity contribution in [3.63, 3.8) is 0 Å². The molecule has 29 heavy (non-hydrogen) atoms. The number of benzene rings is 1. The van der Waals surface area contributed by atoms with Crippen LogP contribution >= 0.6 is 0 Å². The van der Waals surface area contributed by atoms with Crippen LogP contribution in [0.15, 0.2) is 89.1 Å². The first-order valence-corrected chi connectivity index (χ1v) is 11.6. The van der Waals surface area contributed by atoms with Gasteiger partial charge in [-0.05, 0) is 83.9 Å². The van der Waals surface area contributed by atoms with Crippen molar-refractivity contribution in [2.45, 2.75) is 64.2 Å². The molecule has 5 rings (SSSR count). The molecule has 0 amide bonds. The van der Waals surface area contributed by atoms with Gasteiger partial charge >= 0.3 is 0 Å². The van der Waals surface area contributed by atoms with Crippen LogP contribution in [0.3, 0.4) is 0 Å². The average Bonchev–Trinajstić information content (AvgIpc) is 3.26. The summed E-state index contributed by atoms with van der Waals surface area (Å²) in [5.41, 5.74) is 10.4. The number of hydrogen-bond acceptors (Lipinski definition) is 0. The van der Waals surface area contributed by atoms with E-state index in [0.717, 1.165) is 12.3 Å². The van der Waals surface area contributed by atoms with Crippen LogP contribution in [-0.2, 0) is 6.42 Å². The van der Waals surface area contributed by atoms with Crippen LogP contribution in [0, 0.1) is 12.8 Å². The minimum Gasteiger partial charge on any atom is -0.0836 e. The number of fused-ring (bicyclic) bond motifs is 1. The fourth-order valence-electron chi connectivity index (χ4n) is 5.65. The lowest BCUT2D eigenvalue weighted by atomic mass is 9.78. The first-order chi connectivity index (χ1) is 14.3. The Balaban J connectivity index is 1.38. The van der Waals surface area contributed by atoms with Crippen LogP contribution in [0.2, 0.25) is 0 Å². The van der Waals surface area contributed by atoms with E-state index < -0.39 is 0 Å². The van der Waals surface area contributed by atoms with Gasteiger partial charge in [-0.25, -0.2) is 0 Å². The average molecular weight is 381 g/mol. The third-order valence-corrected chi connectivity index (χ3v) is 7.19. The van der Waals surface area contributed by atoms with Gasteiger partial charge in [0.05, 0.1) is 0 Å². The lowest BCUT2D eigenvalue weighted by Gasteiger charge is -2.26. The summed E-state index contributed by atoms with van der Waals surface area (Å²) in [5.74, 6) is 1.23. The van der Waals surface area contributed by atoms with Gasteiger partial charge in [0.25, 0.3) is 0 Å². The number of hydrogen-bond donors (Lipinski definition) is 0. The molecule has 1 saturated carbocycles. The summed E-state index contributed by atoms with van der Waals surface area (Å²) >= 11 is 0. The van der Waals surface area contributed by atoms with Crippen molar-refractivity contribution in [1.29, 1.82) is 0 Å². The molecule has 0 N–H and O–H groups in total. The van der Waals surface area contributed by atoms with Gasteiger partial charge in [0.2, 0.25) is 0 Å². The summed E-state index contributed by atoms with van der Waals surface area (Å²) in [4.78, 5) is 0. The highest BCUT2D eigenvalue weighted by atomic mass is 14.3. The Morgan fingerprint density at radius 3 is 2.62 bits per heavy atom. The molecule has 0 saturated heterocycles. The number of allylic oxidation sites excluding steroid dienone is 12. The molecule has 0 aromatic heterocycles. The topological polar surface area (TPSA) is 0 Å². The van der Waals surface area contributed by atoms with E-state index in [1.54, 1.807) is 5.56 Å². The minimum absolute atomic E-state index is 0.437. The molecule has 0 aliphatic heterocycles. The maximum absolute atomic E-state index is 2.45. The molecule has 0 nitrogen and oxygen atoms in total. The maximum Gasteiger partial charge on any atom is 0.0281 e. The number of aryl methyl sites for hydroxylation is 1. The SMILES string of the molecule is Cc1cc(CC2=CC=C(C3=CCCC=C3)C3C=CC=C23)ccc1C1CCCCC1. The van der Waals surface area contributed by atoms with Crippen LogP contribution in [0.5, 0.6) is 0 Å². The van der Waals surface area contributed by atoms with Crippen molar-refractivity contribution in [2.24, 2.45) is 5.92 Å². The van der Waals surface area contributed by atoms with Crippen molar-refractivity contribution in [1.82, 2.24) is 0 Å². The van der Waals surface area contributed by atoms with Crippen molar-refractivity contribution < 1.29 is 0 Å². The summed E-state index contributed by atoms with van der Waals surface area (Å²) in [6.45, 7) is 2.32. The minimum atomic E-state index is 0.437. The molecule has 1 unspecified atom stereocenters. The van der Waals surface area contributed by atoms with E-state index in [-0.39, 0.29) is 0 Å². The largest absolute Gasteiger partial charge is 0.0836 e. The second kappa shape index (κ2) is 8.19. The highest BCUT2D eigenvalue weighted by Crippen LogP contribution is 2.41. The molecule has 1 fully saturated rings. The van der Waals surface area contributed by atoms with E-state index >= 15 is 0 Å². The van der Waals surface area contributed by atoms with Crippen LogP contribution in [-0.4, -0.2) is 0 Å². The van der Waals surface area contributed by atoms with E-state index in [4.69, 9.17) is 0 Å². The smallest absolute Gasteiger partial charge is 0.0281 e. The Bertz CT molecular complexity index is 967. The predicted molar refractivity (Wildman–Crippen MR) is 124 cm³/mol. The van der Waals surface area contributed by atoms with Gasteiger partial charge in [0, 0.05) is 5.92 Å². The monoisotopic (exact) mass is 380 g/mol. The summed E-state index contributed by atoms with van der Waals surface area (Å²) < 4.78 is 0. The van der Waals surface area contributed by atoms with Gasteiger partial charge in [0.15, 0.2) is 0 Å². The van der Waals surface area contributed by atoms with Crippen molar-refractivity contribution in [2.75, 3.05) is 0 Å². The Labute approximate surface area is 176 Å². The molecule has 1 aromatic rings. The molecule has 148 valence electrons. The van der Waals surface area contributed by atoms with Gasteiger partial charge in [-0.3, -0.25) is 0 Å². The predicted octanol–water partition coefficient (Wildman–Crippen LogP) is 7.84. The van der Waals surface area contributed by atoms with Crippen LogP contribution in [0.1, 0.15) is 67.6 Å². The molecule has 1 aromatic carbocycles. The fraction of sp³-hybridized carbons (Fsp3) is 0.379. The van der Waals surface area contributed by atoms with Crippen LogP contribution in [0.4, 0.5) is 0 Å². The van der Waals surface area contributed by atoms with E-state index in [0.29, 0.717) is 5.92 Å². The zero-order valence-corrected chi connectivity index (χ0v) is 17.7.